The molecule has 1 aliphatic heterocycles. The molecule has 0 spiro atoms. The van der Waals surface area contributed by atoms with Gasteiger partial charge in [-0.1, -0.05) is 30.3 Å². The lowest BCUT2D eigenvalue weighted by Gasteiger charge is -2.30. The van der Waals surface area contributed by atoms with Gasteiger partial charge in [-0.05, 0) is 29.0 Å². The molecule has 0 saturated heterocycles. The Morgan fingerprint density at radius 2 is 2.00 bits per heavy atom. The number of benzene rings is 1. The third-order valence-electron chi connectivity index (χ3n) is 4.15. The monoisotopic (exact) mass is 344 g/mol. The van der Waals surface area contributed by atoms with Crippen molar-refractivity contribution in [2.24, 2.45) is 0 Å². The number of nitrogens with one attached hydrogen (secondary N) is 1. The van der Waals surface area contributed by atoms with Crippen LogP contribution < -0.4 is 5.32 Å². The Hall–Kier alpha value is -2.18. The second kappa shape index (κ2) is 7.59. The van der Waals surface area contributed by atoms with E-state index in [1.165, 1.54) is 5.56 Å². The third-order valence-corrected chi connectivity index (χ3v) is 5.02. The molecular formula is C18H20N2O3S. The quantitative estimate of drug-likeness (QED) is 0.867. The van der Waals surface area contributed by atoms with E-state index in [0.717, 1.165) is 16.9 Å². The minimum atomic E-state index is -1.29. The molecule has 126 valence electrons. The molecule has 24 heavy (non-hydrogen) atoms. The molecule has 2 amide bonds. The topological polar surface area (TPSA) is 69.6 Å². The molecule has 0 radical (unpaired) electrons. The van der Waals surface area contributed by atoms with E-state index < -0.39 is 6.10 Å². The number of aliphatic hydroxyl groups is 1. The van der Waals surface area contributed by atoms with Gasteiger partial charge >= 0.3 is 0 Å². The fraction of sp³-hybridized carbons (Fsp3) is 0.333. The van der Waals surface area contributed by atoms with Gasteiger partial charge < -0.3 is 15.3 Å². The van der Waals surface area contributed by atoms with Crippen LogP contribution in [0.2, 0.25) is 0 Å². The molecule has 6 heteroatoms. The fourth-order valence-corrected chi connectivity index (χ4v) is 3.47. The van der Waals surface area contributed by atoms with Gasteiger partial charge in [0.05, 0.1) is 13.0 Å². The summed E-state index contributed by atoms with van der Waals surface area (Å²) >= 11 is 1.55. The number of hydrogen-bond donors (Lipinski definition) is 2. The van der Waals surface area contributed by atoms with E-state index in [0.29, 0.717) is 19.6 Å². The molecular weight excluding hydrogens is 324 g/mol. The zero-order valence-electron chi connectivity index (χ0n) is 13.3. The summed E-state index contributed by atoms with van der Waals surface area (Å²) < 4.78 is 0. The second-order valence-electron chi connectivity index (χ2n) is 5.85. The van der Waals surface area contributed by atoms with Crippen LogP contribution in [0.1, 0.15) is 22.4 Å². The minimum absolute atomic E-state index is 0.206. The van der Waals surface area contributed by atoms with Crippen LogP contribution in [-0.2, 0) is 29.1 Å². The summed E-state index contributed by atoms with van der Waals surface area (Å²) in [7, 11) is 0. The SMILES string of the molecule is O=C(C[C@@H](O)C(=O)N1CCc2ccccc2C1)NCc1cccs1. The standard InChI is InChI=1S/C18H20N2O3S/c21-16(10-17(22)19-11-15-6-3-9-24-15)18(23)20-8-7-13-4-1-2-5-14(13)12-20/h1-6,9,16,21H,7-8,10-12H2,(H,19,22)/t16-/m1/s1. The van der Waals surface area contributed by atoms with Gasteiger partial charge in [0.25, 0.3) is 5.91 Å². The number of carbonyl (C=O) groups excluding carboxylic acids is 2. The van der Waals surface area contributed by atoms with Crippen LogP contribution in [0.5, 0.6) is 0 Å². The highest BCUT2D eigenvalue weighted by atomic mass is 32.1. The molecule has 0 saturated carbocycles. The fourth-order valence-electron chi connectivity index (χ4n) is 2.83. The molecule has 0 unspecified atom stereocenters. The Balaban J connectivity index is 1.50. The molecule has 2 N–H and O–H groups in total. The lowest BCUT2D eigenvalue weighted by molar-refractivity contribution is -0.144. The van der Waals surface area contributed by atoms with Gasteiger partial charge in [-0.25, -0.2) is 0 Å². The van der Waals surface area contributed by atoms with Crippen LogP contribution >= 0.6 is 11.3 Å². The lowest BCUT2D eigenvalue weighted by Crippen LogP contribution is -2.43. The molecule has 1 aromatic heterocycles. The first kappa shape index (κ1) is 16.7. The zero-order valence-corrected chi connectivity index (χ0v) is 14.1. The van der Waals surface area contributed by atoms with Crippen molar-refractivity contribution in [1.29, 1.82) is 0 Å². The molecule has 2 aromatic rings. The second-order valence-corrected chi connectivity index (χ2v) is 6.89. The Morgan fingerprint density at radius 3 is 2.75 bits per heavy atom. The van der Waals surface area contributed by atoms with Gasteiger partial charge in [0, 0.05) is 18.0 Å². The molecule has 1 aliphatic rings. The third kappa shape index (κ3) is 4.01. The van der Waals surface area contributed by atoms with Gasteiger partial charge in [0.1, 0.15) is 6.10 Å². The van der Waals surface area contributed by atoms with Crippen LogP contribution in [0, 0.1) is 0 Å². The molecule has 0 aliphatic carbocycles. The number of thiophene rings is 1. The minimum Gasteiger partial charge on any atom is -0.383 e. The first-order valence-electron chi connectivity index (χ1n) is 7.96. The van der Waals surface area contributed by atoms with Gasteiger partial charge in [0.2, 0.25) is 5.91 Å². The predicted octanol–water partition coefficient (Wildman–Crippen LogP) is 1.70. The van der Waals surface area contributed by atoms with E-state index >= 15 is 0 Å². The lowest BCUT2D eigenvalue weighted by atomic mass is 9.99. The molecule has 1 aromatic carbocycles. The van der Waals surface area contributed by atoms with E-state index in [4.69, 9.17) is 0 Å². The van der Waals surface area contributed by atoms with Crippen molar-refractivity contribution in [2.45, 2.75) is 32.0 Å². The summed E-state index contributed by atoms with van der Waals surface area (Å²) in [4.78, 5) is 26.9. The van der Waals surface area contributed by atoms with Gasteiger partial charge in [-0.3, -0.25) is 9.59 Å². The number of hydrogen-bond acceptors (Lipinski definition) is 4. The van der Waals surface area contributed by atoms with Gasteiger partial charge in [0.15, 0.2) is 0 Å². The highest BCUT2D eigenvalue weighted by Crippen LogP contribution is 2.19. The maximum Gasteiger partial charge on any atom is 0.252 e. The highest BCUT2D eigenvalue weighted by molar-refractivity contribution is 7.09. The number of carbonyl (C=O) groups is 2. The zero-order chi connectivity index (χ0) is 16.9. The van der Waals surface area contributed by atoms with Crippen LogP contribution in [0.3, 0.4) is 0 Å². The molecule has 1 atom stereocenters. The Labute approximate surface area is 144 Å². The largest absolute Gasteiger partial charge is 0.383 e. The van der Waals surface area contributed by atoms with Crippen LogP contribution in [-0.4, -0.2) is 34.5 Å². The first-order chi connectivity index (χ1) is 11.6. The van der Waals surface area contributed by atoms with Crippen molar-refractivity contribution in [3.63, 3.8) is 0 Å². The predicted molar refractivity (Wildman–Crippen MR) is 92.4 cm³/mol. The van der Waals surface area contributed by atoms with E-state index in [9.17, 15) is 14.7 Å². The number of amides is 2. The summed E-state index contributed by atoms with van der Waals surface area (Å²) in [5.74, 6) is -0.697. The van der Waals surface area contributed by atoms with E-state index in [-0.39, 0.29) is 18.2 Å². The smallest absolute Gasteiger partial charge is 0.252 e. The summed E-state index contributed by atoms with van der Waals surface area (Å²) in [6.45, 7) is 1.49. The maximum absolute atomic E-state index is 12.4. The number of nitrogens with zero attached hydrogens (tertiary/aromatic N) is 1. The first-order valence-corrected chi connectivity index (χ1v) is 8.84. The normalized spacial score (nSPS) is 14.8. The van der Waals surface area contributed by atoms with Crippen molar-refractivity contribution < 1.29 is 14.7 Å². The number of aliphatic hydroxyl groups excluding tert-OH is 1. The van der Waals surface area contributed by atoms with Crippen LogP contribution in [0.15, 0.2) is 41.8 Å². The van der Waals surface area contributed by atoms with Crippen molar-refractivity contribution in [3.8, 4) is 0 Å². The van der Waals surface area contributed by atoms with Crippen LogP contribution in [0.4, 0.5) is 0 Å². The van der Waals surface area contributed by atoms with Crippen LogP contribution in [0.25, 0.3) is 0 Å². The number of rotatable bonds is 5. The van der Waals surface area contributed by atoms with Crippen molar-refractivity contribution in [1.82, 2.24) is 10.2 Å². The Bertz CT molecular complexity index is 715. The summed E-state index contributed by atoms with van der Waals surface area (Å²) in [6.07, 6.45) is -0.722. The van der Waals surface area contributed by atoms with E-state index in [2.05, 4.69) is 11.4 Å². The molecule has 3 rings (SSSR count). The average molecular weight is 344 g/mol. The molecule has 0 bridgehead atoms. The van der Waals surface area contributed by atoms with Gasteiger partial charge in [-0.2, -0.15) is 0 Å². The highest BCUT2D eigenvalue weighted by Gasteiger charge is 2.27. The number of fused-ring (bicyclic) bond motifs is 1. The Kier molecular flexibility index (Phi) is 5.27. The summed E-state index contributed by atoms with van der Waals surface area (Å²) in [6, 6.07) is 11.8. The Morgan fingerprint density at radius 1 is 1.21 bits per heavy atom. The van der Waals surface area contributed by atoms with Crippen molar-refractivity contribution >= 4 is 23.2 Å². The van der Waals surface area contributed by atoms with Crippen molar-refractivity contribution in [3.05, 3.63) is 57.8 Å². The van der Waals surface area contributed by atoms with Crippen molar-refractivity contribution in [2.75, 3.05) is 6.54 Å². The molecule has 5 nitrogen and oxygen atoms in total. The van der Waals surface area contributed by atoms with E-state index in [1.807, 2.05) is 35.7 Å². The van der Waals surface area contributed by atoms with Gasteiger partial charge in [-0.15, -0.1) is 11.3 Å². The summed E-state index contributed by atoms with van der Waals surface area (Å²) in [5, 5.41) is 14.8. The van der Waals surface area contributed by atoms with E-state index in [1.54, 1.807) is 16.2 Å². The molecule has 0 fully saturated rings. The molecule has 2 heterocycles. The summed E-state index contributed by atoms with van der Waals surface area (Å²) in [5.41, 5.74) is 2.34. The maximum atomic E-state index is 12.4. The average Bonchev–Trinajstić information content (AvgIpc) is 3.12.